The van der Waals surface area contributed by atoms with Gasteiger partial charge in [0.2, 0.25) is 5.91 Å². The van der Waals surface area contributed by atoms with Crippen molar-refractivity contribution in [2.45, 2.75) is 38.1 Å². The van der Waals surface area contributed by atoms with Gasteiger partial charge < -0.3 is 15.3 Å². The summed E-state index contributed by atoms with van der Waals surface area (Å²) in [5, 5.41) is 12.2. The minimum absolute atomic E-state index is 0.0221. The molecule has 1 atom stereocenters. The molecule has 6 nitrogen and oxygen atoms in total. The Hall–Kier alpha value is -2.37. The molecule has 2 N–H and O–H groups in total. The molecule has 1 aliphatic heterocycles. The van der Waals surface area contributed by atoms with Crippen molar-refractivity contribution in [3.05, 3.63) is 29.8 Å². The van der Waals surface area contributed by atoms with Crippen LogP contribution in [0.4, 0.5) is 5.69 Å². The number of benzene rings is 1. The van der Waals surface area contributed by atoms with Crippen molar-refractivity contribution in [1.82, 2.24) is 4.90 Å². The first-order valence-electron chi connectivity index (χ1n) is 7.88. The summed E-state index contributed by atoms with van der Waals surface area (Å²) in [5.41, 5.74) is -0.193. The van der Waals surface area contributed by atoms with Crippen LogP contribution in [0.3, 0.4) is 0 Å². The number of rotatable bonds is 4. The van der Waals surface area contributed by atoms with Crippen LogP contribution >= 0.6 is 0 Å². The van der Waals surface area contributed by atoms with Gasteiger partial charge >= 0.3 is 5.97 Å². The maximum absolute atomic E-state index is 12.7. The lowest BCUT2D eigenvalue weighted by Crippen LogP contribution is -2.50. The van der Waals surface area contributed by atoms with Crippen molar-refractivity contribution in [1.29, 1.82) is 0 Å². The molecule has 1 saturated heterocycles. The smallest absolute Gasteiger partial charge is 0.329 e. The molecule has 0 radical (unpaired) electrons. The van der Waals surface area contributed by atoms with Gasteiger partial charge in [-0.15, -0.1) is 0 Å². The third kappa shape index (κ3) is 2.93. The number of hydrogen-bond donors (Lipinski definition) is 2. The molecule has 2 aliphatic rings. The van der Waals surface area contributed by atoms with Gasteiger partial charge in [0.05, 0.1) is 0 Å². The van der Waals surface area contributed by atoms with E-state index in [0.717, 1.165) is 12.8 Å². The number of amides is 2. The van der Waals surface area contributed by atoms with Crippen LogP contribution in [0.25, 0.3) is 0 Å². The van der Waals surface area contributed by atoms with E-state index in [1.165, 1.54) is 4.90 Å². The number of nitrogens with zero attached hydrogens (tertiary/aromatic N) is 1. The SMILES string of the molecule is CC1(C(=O)O)CCCN1C(=O)c1cccc(NC(=O)C2CC2)c1. The quantitative estimate of drug-likeness (QED) is 0.890. The zero-order chi connectivity index (χ0) is 16.6. The van der Waals surface area contributed by atoms with Crippen molar-refractivity contribution in [3.63, 3.8) is 0 Å². The first-order valence-corrected chi connectivity index (χ1v) is 7.88. The predicted molar refractivity (Wildman–Crippen MR) is 84.1 cm³/mol. The fraction of sp³-hybridized carbons (Fsp3) is 0.471. The molecule has 122 valence electrons. The fourth-order valence-corrected chi connectivity index (χ4v) is 2.99. The monoisotopic (exact) mass is 316 g/mol. The number of likely N-dealkylation sites (tertiary alicyclic amines) is 1. The van der Waals surface area contributed by atoms with Crippen LogP contribution in [-0.4, -0.2) is 39.9 Å². The Morgan fingerprint density at radius 1 is 1.30 bits per heavy atom. The summed E-state index contributed by atoms with van der Waals surface area (Å²) in [5.74, 6) is -1.23. The van der Waals surface area contributed by atoms with Crippen molar-refractivity contribution in [2.24, 2.45) is 5.92 Å². The van der Waals surface area contributed by atoms with Gasteiger partial charge in [0, 0.05) is 23.7 Å². The molecule has 6 heteroatoms. The van der Waals surface area contributed by atoms with Crippen molar-refractivity contribution >= 4 is 23.5 Å². The summed E-state index contributed by atoms with van der Waals surface area (Å²) in [6.07, 6.45) is 2.95. The molecular weight excluding hydrogens is 296 g/mol. The number of nitrogens with one attached hydrogen (secondary N) is 1. The average molecular weight is 316 g/mol. The van der Waals surface area contributed by atoms with Gasteiger partial charge in [-0.2, -0.15) is 0 Å². The third-order valence-corrected chi connectivity index (χ3v) is 4.67. The van der Waals surface area contributed by atoms with E-state index < -0.39 is 11.5 Å². The minimum Gasteiger partial charge on any atom is -0.480 e. The number of hydrogen-bond acceptors (Lipinski definition) is 3. The lowest BCUT2D eigenvalue weighted by molar-refractivity contribution is -0.147. The van der Waals surface area contributed by atoms with Crippen molar-refractivity contribution in [3.8, 4) is 0 Å². The van der Waals surface area contributed by atoms with E-state index in [0.29, 0.717) is 30.6 Å². The molecule has 0 bridgehead atoms. The van der Waals surface area contributed by atoms with Crippen LogP contribution in [0.5, 0.6) is 0 Å². The molecule has 0 spiro atoms. The zero-order valence-electron chi connectivity index (χ0n) is 13.0. The lowest BCUT2D eigenvalue weighted by Gasteiger charge is -2.31. The van der Waals surface area contributed by atoms with Gasteiger partial charge in [-0.1, -0.05) is 6.07 Å². The summed E-state index contributed by atoms with van der Waals surface area (Å²) < 4.78 is 0. The first kappa shape index (κ1) is 15.5. The van der Waals surface area contributed by atoms with E-state index in [1.54, 1.807) is 31.2 Å². The molecule has 1 aromatic carbocycles. The number of aliphatic carboxylic acids is 1. The Balaban J connectivity index is 1.79. The van der Waals surface area contributed by atoms with E-state index >= 15 is 0 Å². The summed E-state index contributed by atoms with van der Waals surface area (Å²) in [6, 6.07) is 6.69. The standard InChI is InChI=1S/C17H20N2O4/c1-17(16(22)23)8-3-9-19(17)15(21)12-4-2-5-13(10-12)18-14(20)11-6-7-11/h2,4-5,10-11H,3,6-9H2,1H3,(H,18,20)(H,22,23). The number of carbonyl (C=O) groups excluding carboxylic acids is 2. The van der Waals surface area contributed by atoms with Gasteiger partial charge in [0.25, 0.3) is 5.91 Å². The van der Waals surface area contributed by atoms with E-state index in [2.05, 4.69) is 5.32 Å². The number of carboxylic acid groups (broad SMARTS) is 1. The van der Waals surface area contributed by atoms with E-state index in [1.807, 2.05) is 0 Å². The molecule has 0 aromatic heterocycles. The maximum Gasteiger partial charge on any atom is 0.329 e. The van der Waals surface area contributed by atoms with Crippen LogP contribution in [0.15, 0.2) is 24.3 Å². The Bertz CT molecular complexity index is 668. The summed E-state index contributed by atoms with van der Waals surface area (Å²) in [6.45, 7) is 2.01. The molecular formula is C17H20N2O4. The highest BCUT2D eigenvalue weighted by Crippen LogP contribution is 2.32. The van der Waals surface area contributed by atoms with Crippen LogP contribution < -0.4 is 5.32 Å². The Kier molecular flexibility index (Phi) is 3.83. The zero-order valence-corrected chi connectivity index (χ0v) is 13.0. The van der Waals surface area contributed by atoms with Gasteiger partial charge in [0.1, 0.15) is 5.54 Å². The molecule has 1 aromatic rings. The second kappa shape index (κ2) is 5.68. The Morgan fingerprint density at radius 3 is 2.70 bits per heavy atom. The molecule has 2 fully saturated rings. The Morgan fingerprint density at radius 2 is 2.04 bits per heavy atom. The molecule has 2 amide bonds. The minimum atomic E-state index is -1.16. The highest BCUT2D eigenvalue weighted by Gasteiger charge is 2.46. The summed E-state index contributed by atoms with van der Waals surface area (Å²) in [4.78, 5) is 37.4. The van der Waals surface area contributed by atoms with E-state index in [4.69, 9.17) is 0 Å². The topological polar surface area (TPSA) is 86.7 Å². The van der Waals surface area contributed by atoms with E-state index in [9.17, 15) is 19.5 Å². The van der Waals surface area contributed by atoms with Crippen molar-refractivity contribution < 1.29 is 19.5 Å². The normalized spacial score (nSPS) is 23.6. The molecule has 23 heavy (non-hydrogen) atoms. The molecule has 3 rings (SSSR count). The molecule has 1 saturated carbocycles. The predicted octanol–water partition coefficient (Wildman–Crippen LogP) is 2.11. The Labute approximate surface area is 134 Å². The van der Waals surface area contributed by atoms with Crippen LogP contribution in [0.1, 0.15) is 43.0 Å². The maximum atomic E-state index is 12.7. The summed E-state index contributed by atoms with van der Waals surface area (Å²) in [7, 11) is 0. The number of carboxylic acids is 1. The van der Waals surface area contributed by atoms with E-state index in [-0.39, 0.29) is 17.7 Å². The highest BCUT2D eigenvalue weighted by molar-refractivity contribution is 6.00. The van der Waals surface area contributed by atoms with Gasteiger partial charge in [-0.25, -0.2) is 4.79 Å². The average Bonchev–Trinajstić information content (AvgIpc) is 3.30. The fourth-order valence-electron chi connectivity index (χ4n) is 2.99. The molecule has 1 aliphatic carbocycles. The number of carbonyl (C=O) groups is 3. The second-order valence-corrected chi connectivity index (χ2v) is 6.48. The third-order valence-electron chi connectivity index (χ3n) is 4.67. The van der Waals surface area contributed by atoms with Gasteiger partial charge in [-0.05, 0) is 50.8 Å². The summed E-state index contributed by atoms with van der Waals surface area (Å²) >= 11 is 0. The van der Waals surface area contributed by atoms with Crippen LogP contribution in [0.2, 0.25) is 0 Å². The molecule has 1 unspecified atom stereocenters. The van der Waals surface area contributed by atoms with Gasteiger partial charge in [-0.3, -0.25) is 9.59 Å². The largest absolute Gasteiger partial charge is 0.480 e. The first-order chi connectivity index (χ1) is 10.9. The second-order valence-electron chi connectivity index (χ2n) is 6.48. The number of anilines is 1. The molecule has 1 heterocycles. The van der Waals surface area contributed by atoms with Crippen molar-refractivity contribution in [2.75, 3.05) is 11.9 Å². The van der Waals surface area contributed by atoms with Crippen LogP contribution in [-0.2, 0) is 9.59 Å². The van der Waals surface area contributed by atoms with Gasteiger partial charge in [0.15, 0.2) is 0 Å². The van der Waals surface area contributed by atoms with Crippen LogP contribution in [0, 0.1) is 5.92 Å². The lowest BCUT2D eigenvalue weighted by atomic mass is 9.98. The highest BCUT2D eigenvalue weighted by atomic mass is 16.4.